The molecule has 0 aliphatic rings. The molecular weight excluding hydrogens is 227 g/mol. The van der Waals surface area contributed by atoms with Crippen molar-refractivity contribution in [2.24, 2.45) is 11.3 Å². The minimum absolute atomic E-state index is 0.148. The zero-order chi connectivity index (χ0) is 13.7. The fourth-order valence-corrected chi connectivity index (χ4v) is 1.35. The summed E-state index contributed by atoms with van der Waals surface area (Å²) in [6, 6.07) is 0.148. The standard InChI is InChI=1S/C13H26F3N/c1-10(2)12(4,5)9-17-11(3)7-6-8-13(14,15)16/h10-11,17H,6-9H2,1-5H3. The van der Waals surface area contributed by atoms with Crippen molar-refractivity contribution >= 4 is 0 Å². The molecule has 0 saturated heterocycles. The molecule has 0 rings (SSSR count). The van der Waals surface area contributed by atoms with E-state index in [4.69, 9.17) is 0 Å². The Morgan fingerprint density at radius 3 is 2.00 bits per heavy atom. The van der Waals surface area contributed by atoms with E-state index < -0.39 is 12.6 Å². The van der Waals surface area contributed by atoms with Gasteiger partial charge in [0.2, 0.25) is 0 Å². The van der Waals surface area contributed by atoms with Gasteiger partial charge in [-0.1, -0.05) is 27.7 Å². The van der Waals surface area contributed by atoms with E-state index in [9.17, 15) is 13.2 Å². The van der Waals surface area contributed by atoms with Crippen LogP contribution in [0.25, 0.3) is 0 Å². The SMILES string of the molecule is CC(CCCC(F)(F)F)NCC(C)(C)C(C)C. The van der Waals surface area contributed by atoms with Crippen LogP contribution in [0.4, 0.5) is 13.2 Å². The van der Waals surface area contributed by atoms with Gasteiger partial charge in [-0.2, -0.15) is 13.2 Å². The van der Waals surface area contributed by atoms with Crippen molar-refractivity contribution in [3.63, 3.8) is 0 Å². The van der Waals surface area contributed by atoms with Crippen molar-refractivity contribution in [3.05, 3.63) is 0 Å². The summed E-state index contributed by atoms with van der Waals surface area (Å²) < 4.78 is 35.9. The summed E-state index contributed by atoms with van der Waals surface area (Å²) in [6.07, 6.45) is -3.91. The average molecular weight is 253 g/mol. The number of rotatable bonds is 7. The number of hydrogen-bond donors (Lipinski definition) is 1. The first-order valence-electron chi connectivity index (χ1n) is 6.35. The van der Waals surface area contributed by atoms with Crippen LogP contribution in [0.2, 0.25) is 0 Å². The minimum Gasteiger partial charge on any atom is -0.314 e. The molecule has 0 bridgehead atoms. The van der Waals surface area contributed by atoms with Gasteiger partial charge in [-0.05, 0) is 31.1 Å². The molecule has 0 heterocycles. The quantitative estimate of drug-likeness (QED) is 0.710. The molecule has 0 amide bonds. The lowest BCUT2D eigenvalue weighted by Gasteiger charge is -2.31. The van der Waals surface area contributed by atoms with E-state index >= 15 is 0 Å². The van der Waals surface area contributed by atoms with Crippen LogP contribution in [-0.2, 0) is 0 Å². The molecule has 1 N–H and O–H groups in total. The van der Waals surface area contributed by atoms with Crippen molar-refractivity contribution in [3.8, 4) is 0 Å². The lowest BCUT2D eigenvalue weighted by molar-refractivity contribution is -0.135. The third kappa shape index (κ3) is 8.47. The van der Waals surface area contributed by atoms with Gasteiger partial charge in [0.1, 0.15) is 0 Å². The highest BCUT2D eigenvalue weighted by Gasteiger charge is 2.27. The van der Waals surface area contributed by atoms with Gasteiger partial charge in [0.15, 0.2) is 0 Å². The molecule has 0 aromatic rings. The second-order valence-corrected chi connectivity index (χ2v) is 5.93. The van der Waals surface area contributed by atoms with E-state index in [1.165, 1.54) is 0 Å². The summed E-state index contributed by atoms with van der Waals surface area (Å²) in [5.74, 6) is 0.553. The molecule has 0 fully saturated rings. The fraction of sp³-hybridized carbons (Fsp3) is 1.00. The van der Waals surface area contributed by atoms with Crippen LogP contribution in [0.1, 0.15) is 53.9 Å². The number of alkyl halides is 3. The predicted octanol–water partition coefficient (Wildman–Crippen LogP) is 4.38. The molecule has 0 aromatic carbocycles. The Hall–Kier alpha value is -0.250. The molecule has 0 aliphatic carbocycles. The van der Waals surface area contributed by atoms with Crippen LogP contribution >= 0.6 is 0 Å². The van der Waals surface area contributed by atoms with Gasteiger partial charge >= 0.3 is 6.18 Å². The largest absolute Gasteiger partial charge is 0.389 e. The highest BCUT2D eigenvalue weighted by atomic mass is 19.4. The molecule has 0 aliphatic heterocycles. The third-order valence-electron chi connectivity index (χ3n) is 3.57. The van der Waals surface area contributed by atoms with Crippen LogP contribution in [-0.4, -0.2) is 18.8 Å². The first-order chi connectivity index (χ1) is 7.54. The van der Waals surface area contributed by atoms with Gasteiger partial charge < -0.3 is 5.32 Å². The van der Waals surface area contributed by atoms with Crippen LogP contribution in [0.5, 0.6) is 0 Å². The number of hydrogen-bond acceptors (Lipinski definition) is 1. The summed E-state index contributed by atoms with van der Waals surface area (Å²) in [5.41, 5.74) is 0.179. The zero-order valence-electron chi connectivity index (χ0n) is 11.6. The summed E-state index contributed by atoms with van der Waals surface area (Å²) in [6.45, 7) is 11.5. The molecular formula is C13H26F3N. The Bertz CT molecular complexity index is 209. The van der Waals surface area contributed by atoms with Crippen molar-refractivity contribution < 1.29 is 13.2 Å². The summed E-state index contributed by atoms with van der Waals surface area (Å²) in [4.78, 5) is 0. The third-order valence-corrected chi connectivity index (χ3v) is 3.57. The molecule has 0 spiro atoms. The van der Waals surface area contributed by atoms with Gasteiger partial charge in [-0.25, -0.2) is 0 Å². The topological polar surface area (TPSA) is 12.0 Å². The lowest BCUT2D eigenvalue weighted by atomic mass is 9.81. The first-order valence-corrected chi connectivity index (χ1v) is 6.35. The summed E-state index contributed by atoms with van der Waals surface area (Å²) in [7, 11) is 0. The molecule has 0 aromatic heterocycles. The highest BCUT2D eigenvalue weighted by Crippen LogP contribution is 2.25. The normalized spacial score (nSPS) is 15.4. The maximum absolute atomic E-state index is 12.0. The van der Waals surface area contributed by atoms with Crippen molar-refractivity contribution in [2.75, 3.05) is 6.54 Å². The van der Waals surface area contributed by atoms with E-state index in [1.54, 1.807) is 0 Å². The molecule has 1 atom stereocenters. The Balaban J connectivity index is 3.77. The maximum atomic E-state index is 12.0. The molecule has 0 saturated carbocycles. The molecule has 1 nitrogen and oxygen atoms in total. The van der Waals surface area contributed by atoms with Gasteiger partial charge in [0, 0.05) is 19.0 Å². The highest BCUT2D eigenvalue weighted by molar-refractivity contribution is 4.76. The zero-order valence-corrected chi connectivity index (χ0v) is 11.6. The monoisotopic (exact) mass is 253 g/mol. The van der Waals surface area contributed by atoms with Crippen LogP contribution in [0.3, 0.4) is 0 Å². The van der Waals surface area contributed by atoms with E-state index in [-0.39, 0.29) is 17.9 Å². The number of halogens is 3. The Labute approximate surface area is 103 Å². The van der Waals surface area contributed by atoms with Crippen LogP contribution < -0.4 is 5.32 Å². The van der Waals surface area contributed by atoms with E-state index in [0.717, 1.165) is 6.54 Å². The van der Waals surface area contributed by atoms with Crippen LogP contribution in [0.15, 0.2) is 0 Å². The van der Waals surface area contributed by atoms with Gasteiger partial charge in [0.05, 0.1) is 0 Å². The van der Waals surface area contributed by atoms with E-state index in [0.29, 0.717) is 12.3 Å². The summed E-state index contributed by atoms with van der Waals surface area (Å²) >= 11 is 0. The van der Waals surface area contributed by atoms with Crippen molar-refractivity contribution in [1.29, 1.82) is 0 Å². The molecule has 104 valence electrons. The second kappa shape index (κ2) is 6.62. The first kappa shape index (κ1) is 16.8. The number of nitrogens with one attached hydrogen (secondary N) is 1. The van der Waals surface area contributed by atoms with Gasteiger partial charge in [0.25, 0.3) is 0 Å². The Kier molecular flexibility index (Phi) is 6.52. The van der Waals surface area contributed by atoms with Gasteiger partial charge in [-0.15, -0.1) is 0 Å². The average Bonchev–Trinajstić information content (AvgIpc) is 2.12. The summed E-state index contributed by atoms with van der Waals surface area (Å²) in [5, 5.41) is 3.32. The van der Waals surface area contributed by atoms with Gasteiger partial charge in [-0.3, -0.25) is 0 Å². The predicted molar refractivity (Wildman–Crippen MR) is 66.0 cm³/mol. The lowest BCUT2D eigenvalue weighted by Crippen LogP contribution is -2.38. The molecule has 4 heteroatoms. The molecule has 0 radical (unpaired) electrons. The fourth-order valence-electron chi connectivity index (χ4n) is 1.35. The minimum atomic E-state index is -4.02. The smallest absolute Gasteiger partial charge is 0.314 e. The van der Waals surface area contributed by atoms with E-state index in [1.807, 2.05) is 6.92 Å². The maximum Gasteiger partial charge on any atom is 0.389 e. The van der Waals surface area contributed by atoms with Crippen LogP contribution in [0, 0.1) is 11.3 Å². The molecule has 1 unspecified atom stereocenters. The second-order valence-electron chi connectivity index (χ2n) is 5.93. The van der Waals surface area contributed by atoms with Crippen molar-refractivity contribution in [1.82, 2.24) is 5.32 Å². The van der Waals surface area contributed by atoms with E-state index in [2.05, 4.69) is 33.0 Å². The van der Waals surface area contributed by atoms with Crippen molar-refractivity contribution in [2.45, 2.75) is 66.1 Å². The Morgan fingerprint density at radius 2 is 1.59 bits per heavy atom. The molecule has 17 heavy (non-hydrogen) atoms. The Morgan fingerprint density at radius 1 is 1.06 bits per heavy atom.